The molecule has 3 amide bonds. The number of rotatable bonds is 15. The highest BCUT2D eigenvalue weighted by Crippen LogP contribution is 2.71. The van der Waals surface area contributed by atoms with E-state index < -0.39 is 27.4 Å². The van der Waals surface area contributed by atoms with E-state index in [4.69, 9.17) is 9.47 Å². The Labute approximate surface area is 271 Å². The Hall–Kier alpha value is -2.86. The van der Waals surface area contributed by atoms with Gasteiger partial charge in [-0.1, -0.05) is 12.2 Å². The second-order valence-electron chi connectivity index (χ2n) is 12.5. The fourth-order valence-corrected chi connectivity index (χ4v) is 10.1. The molecule has 0 radical (unpaired) electrons. The van der Waals surface area contributed by atoms with Crippen molar-refractivity contribution >= 4 is 35.2 Å². The lowest BCUT2D eigenvalue weighted by Gasteiger charge is -2.38. The number of ether oxygens (including phenoxy) is 2. The molecule has 45 heavy (non-hydrogen) atoms. The number of hydrogen-bond donors (Lipinski definition) is 1. The highest BCUT2D eigenvalue weighted by molar-refractivity contribution is 8.02. The monoisotopic (exact) mass is 640 g/mol. The minimum Gasteiger partial charge on any atom is -0.494 e. The summed E-state index contributed by atoms with van der Waals surface area (Å²) < 4.78 is 9.88. The van der Waals surface area contributed by atoms with Crippen molar-refractivity contribution in [1.29, 1.82) is 0 Å². The summed E-state index contributed by atoms with van der Waals surface area (Å²) in [4.78, 5) is 51.2. The molecule has 4 saturated heterocycles. The van der Waals surface area contributed by atoms with Crippen molar-refractivity contribution < 1.29 is 29.0 Å². The molecule has 0 aliphatic carbocycles. The molecule has 1 aromatic rings. The Morgan fingerprint density at radius 1 is 1.11 bits per heavy atom. The highest BCUT2D eigenvalue weighted by atomic mass is 32.2. The number of thioether (sulfide) groups is 1. The largest absolute Gasteiger partial charge is 0.494 e. The first kappa shape index (κ1) is 33.5. The first-order valence-electron chi connectivity index (χ1n) is 16.2. The van der Waals surface area contributed by atoms with E-state index in [0.717, 1.165) is 25.3 Å². The summed E-state index contributed by atoms with van der Waals surface area (Å²) in [5, 5.41) is 9.74. The molecule has 5 rings (SSSR count). The SMILES string of the molecule is C=CCN(CCN1CCOCC1)C(=O)C1N(CCCO)C(=O)[C@@H]2[C@@H](C(=O)N(CC=C)c3ccc(OCC)cc3)[C@@]3(C)CCC12S3. The van der Waals surface area contributed by atoms with Crippen molar-refractivity contribution in [2.24, 2.45) is 11.8 Å². The second-order valence-corrected chi connectivity index (χ2v) is 14.4. The molecule has 2 bridgehead atoms. The van der Waals surface area contributed by atoms with Crippen LogP contribution in [-0.2, 0) is 19.1 Å². The van der Waals surface area contributed by atoms with Gasteiger partial charge in [0.05, 0.1) is 36.4 Å². The number of nitrogens with zero attached hydrogens (tertiary/aromatic N) is 4. The Bertz CT molecular complexity index is 1260. The van der Waals surface area contributed by atoms with Crippen LogP contribution in [0.1, 0.15) is 33.1 Å². The minimum absolute atomic E-state index is 0.0895. The Morgan fingerprint density at radius 2 is 1.82 bits per heavy atom. The molecule has 4 aliphatic heterocycles. The molecule has 2 unspecified atom stereocenters. The minimum atomic E-state index is -0.726. The highest BCUT2D eigenvalue weighted by Gasteiger charge is 2.77. The molecule has 4 fully saturated rings. The Balaban J connectivity index is 1.47. The third-order valence-corrected chi connectivity index (χ3v) is 11.8. The fourth-order valence-electron chi connectivity index (χ4n) is 7.78. The number of hydrogen-bond acceptors (Lipinski definition) is 8. The van der Waals surface area contributed by atoms with E-state index in [9.17, 15) is 19.5 Å². The van der Waals surface area contributed by atoms with E-state index >= 15 is 0 Å². The molecule has 246 valence electrons. The van der Waals surface area contributed by atoms with Gasteiger partial charge in [-0.15, -0.1) is 24.9 Å². The van der Waals surface area contributed by atoms with Gasteiger partial charge < -0.3 is 29.3 Å². The van der Waals surface area contributed by atoms with Crippen LogP contribution < -0.4 is 9.64 Å². The van der Waals surface area contributed by atoms with Gasteiger partial charge in [0.25, 0.3) is 0 Å². The fraction of sp³-hybridized carbons (Fsp3) is 0.618. The number of amides is 3. The van der Waals surface area contributed by atoms with Crippen molar-refractivity contribution in [3.63, 3.8) is 0 Å². The van der Waals surface area contributed by atoms with E-state index in [1.165, 1.54) is 0 Å². The maximum Gasteiger partial charge on any atom is 0.247 e. The summed E-state index contributed by atoms with van der Waals surface area (Å²) in [5.41, 5.74) is 0.712. The predicted octanol–water partition coefficient (Wildman–Crippen LogP) is 2.81. The average Bonchev–Trinajstić information content (AvgIpc) is 3.61. The topological polar surface area (TPSA) is 103 Å². The van der Waals surface area contributed by atoms with Crippen molar-refractivity contribution in [2.45, 2.75) is 48.6 Å². The zero-order valence-electron chi connectivity index (χ0n) is 26.7. The molecular weight excluding hydrogens is 592 g/mol. The molecule has 11 heteroatoms. The van der Waals surface area contributed by atoms with E-state index in [-0.39, 0.29) is 30.9 Å². The third kappa shape index (κ3) is 6.28. The smallest absolute Gasteiger partial charge is 0.247 e. The lowest BCUT2D eigenvalue weighted by atomic mass is 9.66. The molecule has 10 nitrogen and oxygen atoms in total. The quantitative estimate of drug-likeness (QED) is 0.292. The van der Waals surface area contributed by atoms with Gasteiger partial charge in [-0.05, 0) is 57.4 Å². The molecule has 5 atom stereocenters. The van der Waals surface area contributed by atoms with E-state index in [1.54, 1.807) is 33.7 Å². The third-order valence-electron chi connectivity index (χ3n) is 9.82. The van der Waals surface area contributed by atoms with Gasteiger partial charge in [-0.2, -0.15) is 0 Å². The number of fused-ring (bicyclic) bond motifs is 1. The molecule has 0 saturated carbocycles. The van der Waals surface area contributed by atoms with Crippen molar-refractivity contribution in [1.82, 2.24) is 14.7 Å². The van der Waals surface area contributed by atoms with Gasteiger partial charge in [0.15, 0.2) is 0 Å². The van der Waals surface area contributed by atoms with Gasteiger partial charge in [-0.3, -0.25) is 19.3 Å². The van der Waals surface area contributed by atoms with Crippen molar-refractivity contribution in [3.8, 4) is 5.75 Å². The number of likely N-dealkylation sites (tertiary alicyclic amines) is 1. The van der Waals surface area contributed by atoms with Crippen LogP contribution in [0.5, 0.6) is 5.75 Å². The maximum absolute atomic E-state index is 14.6. The lowest BCUT2D eigenvalue weighted by Crippen LogP contribution is -2.56. The second kappa shape index (κ2) is 14.3. The summed E-state index contributed by atoms with van der Waals surface area (Å²) in [5.74, 6) is -0.908. The van der Waals surface area contributed by atoms with Crippen LogP contribution in [0.3, 0.4) is 0 Å². The van der Waals surface area contributed by atoms with Gasteiger partial charge in [0.2, 0.25) is 17.7 Å². The van der Waals surface area contributed by atoms with Crippen molar-refractivity contribution in [2.75, 3.05) is 77.1 Å². The zero-order valence-corrected chi connectivity index (χ0v) is 27.5. The summed E-state index contributed by atoms with van der Waals surface area (Å²) >= 11 is 1.67. The number of morpholine rings is 1. The molecule has 1 aromatic carbocycles. The van der Waals surface area contributed by atoms with Crippen LogP contribution in [-0.4, -0.2) is 125 Å². The number of aliphatic hydroxyl groups is 1. The number of carbonyl (C=O) groups is 3. The first-order valence-corrected chi connectivity index (χ1v) is 17.0. The molecule has 0 aromatic heterocycles. The summed E-state index contributed by atoms with van der Waals surface area (Å²) in [6.07, 6.45) is 5.21. The first-order chi connectivity index (χ1) is 21.7. The summed E-state index contributed by atoms with van der Waals surface area (Å²) in [7, 11) is 0. The number of benzene rings is 1. The maximum atomic E-state index is 14.6. The van der Waals surface area contributed by atoms with E-state index in [1.807, 2.05) is 36.1 Å². The molecule has 4 heterocycles. The summed E-state index contributed by atoms with van der Waals surface area (Å²) in [6, 6.07) is 6.70. The van der Waals surface area contributed by atoms with Crippen LogP contribution in [0.25, 0.3) is 0 Å². The Morgan fingerprint density at radius 3 is 2.47 bits per heavy atom. The van der Waals surface area contributed by atoms with E-state index in [2.05, 4.69) is 25.0 Å². The predicted molar refractivity (Wildman–Crippen MR) is 176 cm³/mol. The van der Waals surface area contributed by atoms with Gasteiger partial charge >= 0.3 is 0 Å². The van der Waals surface area contributed by atoms with E-state index in [0.29, 0.717) is 64.5 Å². The summed E-state index contributed by atoms with van der Waals surface area (Å²) in [6.45, 7) is 17.4. The van der Waals surface area contributed by atoms with Crippen LogP contribution in [0.15, 0.2) is 49.6 Å². The van der Waals surface area contributed by atoms with Crippen LogP contribution in [0.4, 0.5) is 5.69 Å². The zero-order chi connectivity index (χ0) is 32.2. The van der Waals surface area contributed by atoms with Gasteiger partial charge in [-0.25, -0.2) is 0 Å². The molecule has 1 N–H and O–H groups in total. The molecule has 4 aliphatic rings. The van der Waals surface area contributed by atoms with Crippen molar-refractivity contribution in [3.05, 3.63) is 49.6 Å². The van der Waals surface area contributed by atoms with Crippen LogP contribution in [0, 0.1) is 11.8 Å². The molecule has 1 spiro atoms. The average molecular weight is 641 g/mol. The van der Waals surface area contributed by atoms with Gasteiger partial charge in [0, 0.05) is 62.9 Å². The number of aliphatic hydroxyl groups excluding tert-OH is 1. The van der Waals surface area contributed by atoms with Crippen LogP contribution in [0.2, 0.25) is 0 Å². The standard InChI is InChI=1S/C34H48N4O6S/c1-5-15-36(19-18-35-20-23-43-24-21-35)32(42)29-34-14-13-33(4,45-34)27(28(34)31(41)38(29)17-8-22-39)30(40)37(16-6-2)25-9-11-26(12-10-25)44-7-3/h5-6,9-12,27-29,39H,1-2,7-8,13-24H2,3-4H3/t27-,28-,29?,33+,34?/m0/s1. The number of carbonyl (C=O) groups excluding carboxylic acids is 3. The van der Waals surface area contributed by atoms with Gasteiger partial charge in [0.1, 0.15) is 11.8 Å². The molecular formula is C34H48N4O6S. The lowest BCUT2D eigenvalue weighted by molar-refractivity contribution is -0.143. The normalized spacial score (nSPS) is 29.0. The Kier molecular flexibility index (Phi) is 10.6. The van der Waals surface area contributed by atoms with Crippen LogP contribution >= 0.6 is 11.8 Å². The number of anilines is 1.